The van der Waals surface area contributed by atoms with Crippen LogP contribution in [0.15, 0.2) is 22.8 Å². The van der Waals surface area contributed by atoms with E-state index in [-0.39, 0.29) is 6.54 Å². The van der Waals surface area contributed by atoms with Crippen LogP contribution in [-0.4, -0.2) is 36.1 Å². The Kier molecular flexibility index (Phi) is 4.92. The van der Waals surface area contributed by atoms with Crippen LogP contribution in [0.25, 0.3) is 0 Å². The topological polar surface area (TPSA) is 45.5 Å². The van der Waals surface area contributed by atoms with E-state index >= 15 is 0 Å². The molecule has 1 N–H and O–H groups in total. The Morgan fingerprint density at radius 3 is 2.86 bits per heavy atom. The van der Waals surface area contributed by atoms with Gasteiger partial charge in [0.05, 0.1) is 18.8 Å². The second-order valence-corrected chi connectivity index (χ2v) is 5.53. The number of carbonyl (C=O) groups excluding carboxylic acids is 1. The van der Waals surface area contributed by atoms with Crippen LogP contribution in [0.5, 0.6) is 0 Å². The van der Waals surface area contributed by atoms with Crippen LogP contribution in [0.1, 0.15) is 25.5 Å². The van der Waals surface area contributed by atoms with E-state index in [1.807, 2.05) is 6.92 Å². The number of alkyl halides is 3. The van der Waals surface area contributed by atoms with E-state index in [1.54, 1.807) is 12.1 Å². The first kappa shape index (κ1) is 15.9. The summed E-state index contributed by atoms with van der Waals surface area (Å²) in [5.74, 6) is 0.156. The molecule has 1 amide bonds. The Morgan fingerprint density at radius 1 is 1.52 bits per heavy atom. The molecule has 0 bridgehead atoms. The van der Waals surface area contributed by atoms with E-state index in [9.17, 15) is 18.0 Å². The summed E-state index contributed by atoms with van der Waals surface area (Å²) in [5, 5.41) is 3.01. The van der Waals surface area contributed by atoms with Crippen molar-refractivity contribution in [2.45, 2.75) is 38.5 Å². The summed E-state index contributed by atoms with van der Waals surface area (Å²) in [4.78, 5) is 13.2. The van der Waals surface area contributed by atoms with Crippen molar-refractivity contribution in [2.75, 3.05) is 13.1 Å². The summed E-state index contributed by atoms with van der Waals surface area (Å²) in [6.45, 7) is 1.22. The van der Waals surface area contributed by atoms with Gasteiger partial charge in [-0.05, 0) is 37.4 Å². The van der Waals surface area contributed by atoms with Gasteiger partial charge in [-0.1, -0.05) is 6.92 Å². The summed E-state index contributed by atoms with van der Waals surface area (Å²) >= 11 is 0. The van der Waals surface area contributed by atoms with Gasteiger partial charge in [-0.25, -0.2) is 0 Å². The lowest BCUT2D eigenvalue weighted by Gasteiger charge is -2.32. The van der Waals surface area contributed by atoms with Crippen molar-refractivity contribution < 1.29 is 22.4 Å². The SMILES string of the molecule is CC1CCNC(C(=O)N(Cc2ccco2)CC(F)(F)F)C1. The summed E-state index contributed by atoms with van der Waals surface area (Å²) in [5.41, 5.74) is 0. The lowest BCUT2D eigenvalue weighted by Crippen LogP contribution is -2.51. The molecule has 2 atom stereocenters. The molecular formula is C14H19F3N2O2. The summed E-state index contributed by atoms with van der Waals surface area (Å²) in [6, 6.07) is 2.60. The van der Waals surface area contributed by atoms with Crippen molar-refractivity contribution in [1.29, 1.82) is 0 Å². The molecular weight excluding hydrogens is 285 g/mol. The van der Waals surface area contributed by atoms with Crippen molar-refractivity contribution >= 4 is 5.91 Å². The average molecular weight is 304 g/mol. The number of piperidine rings is 1. The highest BCUT2D eigenvalue weighted by Crippen LogP contribution is 2.22. The van der Waals surface area contributed by atoms with Gasteiger partial charge in [0.25, 0.3) is 0 Å². The molecule has 0 aromatic carbocycles. The zero-order valence-electron chi connectivity index (χ0n) is 11.8. The third-order valence-corrected chi connectivity index (χ3v) is 3.57. The van der Waals surface area contributed by atoms with Crippen molar-refractivity contribution in [3.8, 4) is 0 Å². The average Bonchev–Trinajstić information content (AvgIpc) is 2.88. The number of furan rings is 1. The van der Waals surface area contributed by atoms with Gasteiger partial charge in [0.15, 0.2) is 0 Å². The quantitative estimate of drug-likeness (QED) is 0.930. The molecule has 0 radical (unpaired) electrons. The molecule has 4 nitrogen and oxygen atoms in total. The van der Waals surface area contributed by atoms with Gasteiger partial charge in [-0.15, -0.1) is 0 Å². The molecule has 1 aliphatic rings. The first-order valence-corrected chi connectivity index (χ1v) is 6.96. The van der Waals surface area contributed by atoms with E-state index in [1.165, 1.54) is 6.26 Å². The second kappa shape index (κ2) is 6.51. The zero-order chi connectivity index (χ0) is 15.5. The van der Waals surface area contributed by atoms with Crippen LogP contribution in [-0.2, 0) is 11.3 Å². The Bertz CT molecular complexity index is 459. The highest BCUT2D eigenvalue weighted by atomic mass is 19.4. The highest BCUT2D eigenvalue weighted by Gasteiger charge is 2.36. The van der Waals surface area contributed by atoms with Crippen molar-refractivity contribution in [1.82, 2.24) is 10.2 Å². The molecule has 0 saturated carbocycles. The summed E-state index contributed by atoms with van der Waals surface area (Å²) < 4.78 is 43.1. The van der Waals surface area contributed by atoms with Gasteiger partial charge in [0, 0.05) is 0 Å². The number of amides is 1. The minimum absolute atomic E-state index is 0.169. The first-order valence-electron chi connectivity index (χ1n) is 6.96. The van der Waals surface area contributed by atoms with Gasteiger partial charge < -0.3 is 14.6 Å². The fourth-order valence-electron chi connectivity index (χ4n) is 2.53. The van der Waals surface area contributed by atoms with Crippen molar-refractivity contribution in [3.63, 3.8) is 0 Å². The maximum Gasteiger partial charge on any atom is 0.406 e. The Hall–Kier alpha value is -1.50. The third kappa shape index (κ3) is 4.77. The molecule has 1 saturated heterocycles. The molecule has 1 fully saturated rings. The maximum absolute atomic E-state index is 12.7. The monoisotopic (exact) mass is 304 g/mol. The number of rotatable bonds is 4. The number of halogens is 3. The third-order valence-electron chi connectivity index (χ3n) is 3.57. The standard InChI is InChI=1S/C14H19F3N2O2/c1-10-4-5-18-12(7-10)13(20)19(9-14(15,16)17)8-11-3-2-6-21-11/h2-3,6,10,12,18H,4-5,7-9H2,1H3. The zero-order valence-corrected chi connectivity index (χ0v) is 11.8. The largest absolute Gasteiger partial charge is 0.467 e. The fourth-order valence-corrected chi connectivity index (χ4v) is 2.53. The smallest absolute Gasteiger partial charge is 0.406 e. The van der Waals surface area contributed by atoms with Crippen LogP contribution >= 0.6 is 0 Å². The summed E-state index contributed by atoms with van der Waals surface area (Å²) in [6.07, 6.45) is -1.55. The lowest BCUT2D eigenvalue weighted by atomic mass is 9.93. The van der Waals surface area contributed by atoms with Crippen molar-refractivity contribution in [3.05, 3.63) is 24.2 Å². The van der Waals surface area contributed by atoms with E-state index < -0.39 is 24.7 Å². The van der Waals surface area contributed by atoms with Gasteiger partial charge >= 0.3 is 6.18 Å². The molecule has 1 aromatic heterocycles. The van der Waals surface area contributed by atoms with Crippen LogP contribution in [0.3, 0.4) is 0 Å². The van der Waals surface area contributed by atoms with Gasteiger partial charge in [0.1, 0.15) is 12.3 Å². The maximum atomic E-state index is 12.7. The number of nitrogens with one attached hydrogen (secondary N) is 1. The first-order chi connectivity index (χ1) is 9.85. The Balaban J connectivity index is 2.07. The van der Waals surface area contributed by atoms with Crippen LogP contribution in [0.2, 0.25) is 0 Å². The molecule has 7 heteroatoms. The number of hydrogen-bond donors (Lipinski definition) is 1. The number of carbonyl (C=O) groups is 1. The van der Waals surface area contributed by atoms with E-state index in [0.29, 0.717) is 24.6 Å². The molecule has 2 rings (SSSR count). The minimum Gasteiger partial charge on any atom is -0.467 e. The molecule has 1 aromatic rings. The normalized spacial score (nSPS) is 23.0. The number of hydrogen-bond acceptors (Lipinski definition) is 3. The van der Waals surface area contributed by atoms with Crippen molar-refractivity contribution in [2.24, 2.45) is 5.92 Å². The molecule has 118 valence electrons. The minimum atomic E-state index is -4.43. The second-order valence-electron chi connectivity index (χ2n) is 5.53. The molecule has 2 heterocycles. The molecule has 0 spiro atoms. The van der Waals surface area contributed by atoms with Crippen LogP contribution < -0.4 is 5.32 Å². The Morgan fingerprint density at radius 2 is 2.29 bits per heavy atom. The van der Waals surface area contributed by atoms with E-state index in [4.69, 9.17) is 4.42 Å². The number of nitrogens with zero attached hydrogens (tertiary/aromatic N) is 1. The molecule has 21 heavy (non-hydrogen) atoms. The Labute approximate surface area is 121 Å². The van der Waals surface area contributed by atoms with E-state index in [2.05, 4.69) is 5.32 Å². The van der Waals surface area contributed by atoms with Crippen LogP contribution in [0.4, 0.5) is 13.2 Å². The lowest BCUT2D eigenvalue weighted by molar-refractivity contribution is -0.164. The molecule has 0 aliphatic carbocycles. The molecule has 2 unspecified atom stereocenters. The van der Waals surface area contributed by atoms with Gasteiger partial charge in [-0.2, -0.15) is 13.2 Å². The highest BCUT2D eigenvalue weighted by molar-refractivity contribution is 5.82. The van der Waals surface area contributed by atoms with Gasteiger partial charge in [0.2, 0.25) is 5.91 Å². The fraction of sp³-hybridized carbons (Fsp3) is 0.643. The molecule has 1 aliphatic heterocycles. The summed E-state index contributed by atoms with van der Waals surface area (Å²) in [7, 11) is 0. The predicted molar refractivity (Wildman–Crippen MR) is 70.4 cm³/mol. The van der Waals surface area contributed by atoms with E-state index in [0.717, 1.165) is 11.3 Å². The van der Waals surface area contributed by atoms with Gasteiger partial charge in [-0.3, -0.25) is 4.79 Å². The predicted octanol–water partition coefficient (Wildman–Crippen LogP) is 2.56. The van der Waals surface area contributed by atoms with Crippen LogP contribution in [0, 0.1) is 5.92 Å².